The van der Waals surface area contributed by atoms with Crippen molar-refractivity contribution in [3.8, 4) is 5.75 Å². The molecule has 1 unspecified atom stereocenters. The van der Waals surface area contributed by atoms with Crippen molar-refractivity contribution in [2.24, 2.45) is 4.99 Å². The van der Waals surface area contributed by atoms with Crippen LogP contribution in [0.15, 0.2) is 41.4 Å². The highest BCUT2D eigenvalue weighted by atomic mass is 28.4. The molecule has 6 heteroatoms. The molecular weight excluding hydrogens is 452 g/mol. The molecule has 35 heavy (non-hydrogen) atoms. The molecule has 188 valence electrons. The number of ether oxygens (including phenoxy) is 1. The highest BCUT2D eigenvalue weighted by molar-refractivity contribution is 6.78. The number of carbonyl (C=O) groups excluding carboxylic acids is 1. The maximum absolute atomic E-state index is 14.5. The molecule has 0 bridgehead atoms. The first-order valence-corrected chi connectivity index (χ1v) is 15.0. The van der Waals surface area contributed by atoms with Crippen LogP contribution in [0.25, 0.3) is 0 Å². The quantitative estimate of drug-likeness (QED) is 0.378. The number of anilines is 1. The van der Waals surface area contributed by atoms with Gasteiger partial charge in [0.1, 0.15) is 11.6 Å². The van der Waals surface area contributed by atoms with E-state index >= 15 is 0 Å². The first-order chi connectivity index (χ1) is 16.5. The number of nitrogens with zero attached hydrogens (tertiary/aromatic N) is 2. The summed E-state index contributed by atoms with van der Waals surface area (Å²) >= 11 is 0. The maximum atomic E-state index is 14.5. The number of benzene rings is 2. The summed E-state index contributed by atoms with van der Waals surface area (Å²) in [7, 11) is -0.722. The fraction of sp³-hybridized carbons (Fsp3) is 0.517. The Labute approximate surface area is 211 Å². The SMILES string of the molecule is COc1ccc(N2CCC3(O[Si](C(C)C)(C(C)C)C(C)C)C(=O)c4cc(C)c(C)cc4N=C23)cc1. The molecule has 2 aliphatic rings. The summed E-state index contributed by atoms with van der Waals surface area (Å²) in [6, 6.07) is 12.0. The Kier molecular flexibility index (Phi) is 6.75. The zero-order valence-corrected chi connectivity index (χ0v) is 23.7. The third-order valence-corrected chi connectivity index (χ3v) is 14.3. The van der Waals surface area contributed by atoms with E-state index in [9.17, 15) is 4.79 Å². The van der Waals surface area contributed by atoms with Gasteiger partial charge in [0, 0.05) is 24.2 Å². The fourth-order valence-electron chi connectivity index (χ4n) is 6.29. The molecule has 4 rings (SSSR count). The molecule has 0 aliphatic carbocycles. The van der Waals surface area contributed by atoms with Crippen molar-refractivity contribution in [1.82, 2.24) is 0 Å². The predicted octanol–water partition coefficient (Wildman–Crippen LogP) is 7.38. The van der Waals surface area contributed by atoms with Crippen molar-refractivity contribution >= 4 is 31.3 Å². The van der Waals surface area contributed by atoms with E-state index in [4.69, 9.17) is 14.2 Å². The molecule has 0 radical (unpaired) electrons. The van der Waals surface area contributed by atoms with Gasteiger partial charge in [0.2, 0.25) is 14.1 Å². The largest absolute Gasteiger partial charge is 0.497 e. The van der Waals surface area contributed by atoms with E-state index in [1.165, 1.54) is 0 Å². The maximum Gasteiger partial charge on any atom is 0.203 e. The second-order valence-corrected chi connectivity index (χ2v) is 16.4. The van der Waals surface area contributed by atoms with E-state index in [0.29, 0.717) is 35.2 Å². The van der Waals surface area contributed by atoms with E-state index < -0.39 is 13.9 Å². The van der Waals surface area contributed by atoms with Crippen molar-refractivity contribution in [3.63, 3.8) is 0 Å². The number of rotatable bonds is 7. The molecule has 0 spiro atoms. The van der Waals surface area contributed by atoms with E-state index in [1.807, 2.05) is 36.4 Å². The number of methoxy groups -OCH3 is 1. The first-order valence-electron chi connectivity index (χ1n) is 12.8. The van der Waals surface area contributed by atoms with Crippen molar-refractivity contribution in [2.45, 2.75) is 84.0 Å². The Hall–Kier alpha value is -2.44. The van der Waals surface area contributed by atoms with Crippen LogP contribution < -0.4 is 9.64 Å². The summed E-state index contributed by atoms with van der Waals surface area (Å²) in [5, 5.41) is 0. The van der Waals surface area contributed by atoms with Gasteiger partial charge in [-0.15, -0.1) is 0 Å². The van der Waals surface area contributed by atoms with E-state index in [1.54, 1.807) is 7.11 Å². The Morgan fingerprint density at radius 3 is 2.06 bits per heavy atom. The van der Waals surface area contributed by atoms with Crippen LogP contribution >= 0.6 is 0 Å². The number of fused-ring (bicyclic) bond motifs is 2. The van der Waals surface area contributed by atoms with Crippen molar-refractivity contribution in [3.05, 3.63) is 53.1 Å². The molecule has 0 N–H and O–H groups in total. The fourth-order valence-corrected chi connectivity index (χ4v) is 11.9. The molecule has 2 heterocycles. The lowest BCUT2D eigenvalue weighted by molar-refractivity contribution is 0.0622. The normalized spacial score (nSPS) is 19.9. The molecule has 2 aromatic carbocycles. The van der Waals surface area contributed by atoms with Gasteiger partial charge in [-0.2, -0.15) is 0 Å². The van der Waals surface area contributed by atoms with Crippen LogP contribution in [0, 0.1) is 13.8 Å². The molecule has 0 amide bonds. The Morgan fingerprint density at radius 2 is 1.51 bits per heavy atom. The lowest BCUT2D eigenvalue weighted by atomic mass is 9.86. The van der Waals surface area contributed by atoms with Crippen LogP contribution in [0.3, 0.4) is 0 Å². The van der Waals surface area contributed by atoms with Crippen LogP contribution in [0.1, 0.15) is 69.4 Å². The summed E-state index contributed by atoms with van der Waals surface area (Å²) in [6.07, 6.45) is 0.601. The van der Waals surface area contributed by atoms with E-state index in [2.05, 4.69) is 60.3 Å². The van der Waals surface area contributed by atoms with Gasteiger partial charge in [0.15, 0.2) is 5.60 Å². The molecule has 1 fully saturated rings. The standard InChI is InChI=1S/C29H40N2O3Si/c1-18(2)35(19(3)4,20(5)6)34-29-14-15-31(23-10-12-24(33-9)13-11-23)28(29)30-26-17-22(8)21(7)16-25(26)27(29)32/h10-13,16-20H,14-15H2,1-9H3. The van der Waals surface area contributed by atoms with E-state index in [-0.39, 0.29) is 5.78 Å². The van der Waals surface area contributed by atoms with Gasteiger partial charge in [-0.05, 0) is 78.0 Å². The number of carbonyl (C=O) groups is 1. The van der Waals surface area contributed by atoms with Gasteiger partial charge in [-0.25, -0.2) is 4.99 Å². The third-order valence-electron chi connectivity index (χ3n) is 8.20. The average Bonchev–Trinajstić information content (AvgIpc) is 3.17. The number of aryl methyl sites for hydroxylation is 2. The van der Waals surface area contributed by atoms with Gasteiger partial charge in [0.25, 0.3) is 0 Å². The lowest BCUT2D eigenvalue weighted by Crippen LogP contribution is -2.61. The number of ketones is 1. The second kappa shape index (κ2) is 9.21. The predicted molar refractivity (Wildman–Crippen MR) is 147 cm³/mol. The zero-order chi connectivity index (χ0) is 25.7. The smallest absolute Gasteiger partial charge is 0.203 e. The summed E-state index contributed by atoms with van der Waals surface area (Å²) in [5.74, 6) is 1.61. The summed E-state index contributed by atoms with van der Waals surface area (Å²) < 4.78 is 12.8. The van der Waals surface area contributed by atoms with Gasteiger partial charge in [0.05, 0.1) is 12.8 Å². The van der Waals surface area contributed by atoms with Crippen molar-refractivity contribution in [2.75, 3.05) is 18.6 Å². The van der Waals surface area contributed by atoms with Crippen molar-refractivity contribution in [1.29, 1.82) is 0 Å². The molecular formula is C29H40N2O3Si. The summed E-state index contributed by atoms with van der Waals surface area (Å²) in [5.41, 5.74) is 4.72. The monoisotopic (exact) mass is 492 g/mol. The van der Waals surface area contributed by atoms with Gasteiger partial charge in [-0.3, -0.25) is 4.79 Å². The lowest BCUT2D eigenvalue weighted by Gasteiger charge is -2.48. The molecule has 5 nitrogen and oxygen atoms in total. The highest BCUT2D eigenvalue weighted by Gasteiger charge is 2.60. The van der Waals surface area contributed by atoms with Gasteiger partial charge >= 0.3 is 0 Å². The molecule has 1 saturated heterocycles. The molecule has 1 atom stereocenters. The Morgan fingerprint density at radius 1 is 0.943 bits per heavy atom. The number of Topliss-reactive ketones (excluding diaryl/α,β-unsaturated/α-hetero) is 1. The second-order valence-electron chi connectivity index (χ2n) is 11.1. The Bertz CT molecular complexity index is 1130. The minimum atomic E-state index is -2.39. The number of aliphatic imine (C=N–C) groups is 1. The minimum Gasteiger partial charge on any atom is -0.497 e. The van der Waals surface area contributed by atoms with Crippen LogP contribution in [-0.4, -0.2) is 39.2 Å². The van der Waals surface area contributed by atoms with Gasteiger partial charge < -0.3 is 14.1 Å². The minimum absolute atomic E-state index is 0.0652. The van der Waals surface area contributed by atoms with Crippen LogP contribution in [0.2, 0.25) is 16.6 Å². The highest BCUT2D eigenvalue weighted by Crippen LogP contribution is 2.50. The number of hydrogen-bond donors (Lipinski definition) is 0. The summed E-state index contributed by atoms with van der Waals surface area (Å²) in [4.78, 5) is 21.8. The number of amidine groups is 1. The van der Waals surface area contributed by atoms with Crippen molar-refractivity contribution < 1.29 is 14.0 Å². The van der Waals surface area contributed by atoms with Crippen LogP contribution in [0.4, 0.5) is 11.4 Å². The number of hydrogen-bond acceptors (Lipinski definition) is 5. The topological polar surface area (TPSA) is 51.1 Å². The average molecular weight is 493 g/mol. The molecule has 2 aromatic rings. The first kappa shape index (κ1) is 25.6. The Balaban J connectivity index is 1.93. The van der Waals surface area contributed by atoms with Gasteiger partial charge in [-0.1, -0.05) is 41.5 Å². The molecule has 0 saturated carbocycles. The molecule has 0 aromatic heterocycles. The zero-order valence-electron chi connectivity index (χ0n) is 22.7. The third kappa shape index (κ3) is 3.95. The van der Waals surface area contributed by atoms with Crippen LogP contribution in [-0.2, 0) is 4.43 Å². The summed E-state index contributed by atoms with van der Waals surface area (Å²) in [6.45, 7) is 18.4. The molecule has 2 aliphatic heterocycles. The van der Waals surface area contributed by atoms with E-state index in [0.717, 1.165) is 34.1 Å². The van der Waals surface area contributed by atoms with Crippen LogP contribution in [0.5, 0.6) is 5.75 Å².